The summed E-state index contributed by atoms with van der Waals surface area (Å²) in [4.78, 5) is 0. The van der Waals surface area contributed by atoms with Crippen molar-refractivity contribution in [2.45, 2.75) is 18.9 Å². The minimum Gasteiger partial charge on any atom is -1.00 e. The van der Waals surface area contributed by atoms with Gasteiger partial charge in [0.05, 0.1) is 6.54 Å². The lowest BCUT2D eigenvalue weighted by Crippen LogP contribution is -3.00. The highest BCUT2D eigenvalue weighted by Gasteiger charge is 2.35. The highest BCUT2D eigenvalue weighted by molar-refractivity contribution is 4.59. The van der Waals surface area contributed by atoms with Crippen molar-refractivity contribution < 1.29 is 35.6 Å². The summed E-state index contributed by atoms with van der Waals surface area (Å²) >= 11 is 0. The Labute approximate surface area is 68.5 Å². The third-order valence-corrected chi connectivity index (χ3v) is 1.42. The number of nitrogens with two attached hydrogens (primary N) is 1. The molecular weight excluding hydrogens is 183 g/mol. The Morgan fingerprint density at radius 2 is 2.00 bits per heavy atom. The maximum Gasteiger partial charge on any atom is 0.522 e. The molecule has 1 aliphatic heterocycles. The molecule has 1 heterocycles. The minimum atomic E-state index is -4.46. The summed E-state index contributed by atoms with van der Waals surface area (Å²) in [5.41, 5.74) is 0. The lowest BCUT2D eigenvalue weighted by atomic mass is 10.3. The van der Waals surface area contributed by atoms with Crippen LogP contribution in [0.2, 0.25) is 0 Å². The van der Waals surface area contributed by atoms with Gasteiger partial charge in [0.2, 0.25) is 0 Å². The zero-order valence-corrected chi connectivity index (χ0v) is 6.45. The lowest BCUT2D eigenvalue weighted by Gasteiger charge is -2.10. The van der Waals surface area contributed by atoms with Crippen molar-refractivity contribution in [3.8, 4) is 0 Å². The number of hydrogen-bond acceptors (Lipinski definition) is 1. The van der Waals surface area contributed by atoms with Crippen LogP contribution in [0.4, 0.5) is 13.2 Å². The van der Waals surface area contributed by atoms with Crippen LogP contribution < -0.4 is 17.7 Å². The quantitative estimate of drug-likeness (QED) is 0.466. The van der Waals surface area contributed by atoms with Crippen molar-refractivity contribution in [3.63, 3.8) is 0 Å². The van der Waals surface area contributed by atoms with Gasteiger partial charge in [-0.05, 0) is 0 Å². The monoisotopic (exact) mass is 191 g/mol. The fourth-order valence-electron chi connectivity index (χ4n) is 1.02. The molecule has 2 nitrogen and oxygen atoms in total. The van der Waals surface area contributed by atoms with Crippen LogP contribution in [0.15, 0.2) is 0 Å². The molecule has 0 spiro atoms. The highest BCUT2D eigenvalue weighted by Crippen LogP contribution is 2.19. The van der Waals surface area contributed by atoms with Crippen LogP contribution in [0.1, 0.15) is 6.42 Å². The van der Waals surface area contributed by atoms with E-state index in [2.05, 4.69) is 4.74 Å². The topological polar surface area (TPSA) is 25.8 Å². The van der Waals surface area contributed by atoms with Crippen molar-refractivity contribution in [1.82, 2.24) is 0 Å². The average molecular weight is 192 g/mol. The maximum atomic E-state index is 11.5. The van der Waals surface area contributed by atoms with Gasteiger partial charge in [0.1, 0.15) is 12.6 Å². The summed E-state index contributed by atoms with van der Waals surface area (Å²) in [5, 5.41) is 1.82. The van der Waals surface area contributed by atoms with Gasteiger partial charge >= 0.3 is 6.36 Å². The van der Waals surface area contributed by atoms with E-state index in [4.69, 9.17) is 0 Å². The Morgan fingerprint density at radius 3 is 2.36 bits per heavy atom. The van der Waals surface area contributed by atoms with E-state index in [0.717, 1.165) is 6.54 Å². The van der Waals surface area contributed by atoms with E-state index >= 15 is 0 Å². The second-order valence-electron chi connectivity index (χ2n) is 2.29. The average Bonchev–Trinajstić information content (AvgIpc) is 2.12. The van der Waals surface area contributed by atoms with Crippen LogP contribution in [0.3, 0.4) is 0 Å². The third-order valence-electron chi connectivity index (χ3n) is 1.42. The molecule has 2 N–H and O–H groups in total. The Hall–Kier alpha value is 0. The molecule has 1 unspecified atom stereocenters. The van der Waals surface area contributed by atoms with E-state index in [1.165, 1.54) is 0 Å². The van der Waals surface area contributed by atoms with E-state index in [-0.39, 0.29) is 12.4 Å². The summed E-state index contributed by atoms with van der Waals surface area (Å²) in [6.45, 7) is 1.17. The first-order valence-corrected chi connectivity index (χ1v) is 3.14. The van der Waals surface area contributed by atoms with Crippen LogP contribution in [-0.2, 0) is 4.74 Å². The zero-order valence-electron chi connectivity index (χ0n) is 5.70. The molecule has 0 saturated carbocycles. The Bertz CT molecular complexity index is 113. The van der Waals surface area contributed by atoms with Crippen LogP contribution in [0, 0.1) is 0 Å². The first-order chi connectivity index (χ1) is 4.58. The second kappa shape index (κ2) is 4.13. The van der Waals surface area contributed by atoms with E-state index in [0.29, 0.717) is 13.0 Å². The first kappa shape index (κ1) is 11.0. The summed E-state index contributed by atoms with van der Waals surface area (Å²) in [7, 11) is 0. The molecule has 1 fully saturated rings. The van der Waals surface area contributed by atoms with Gasteiger partial charge in [-0.15, -0.1) is 13.2 Å². The highest BCUT2D eigenvalue weighted by atomic mass is 35.5. The minimum absolute atomic E-state index is 0. The largest absolute Gasteiger partial charge is 1.00 e. The smallest absolute Gasteiger partial charge is 0.522 e. The van der Waals surface area contributed by atoms with E-state index in [1.807, 2.05) is 5.32 Å². The molecule has 0 aromatic carbocycles. The number of ether oxygens (including phenoxy) is 1. The molecule has 0 amide bonds. The van der Waals surface area contributed by atoms with Crippen LogP contribution in [0.5, 0.6) is 0 Å². The molecule has 0 aromatic rings. The van der Waals surface area contributed by atoms with Crippen LogP contribution >= 0.6 is 0 Å². The fraction of sp³-hybridized carbons (Fsp3) is 1.00. The normalized spacial score (nSPS) is 24.8. The Balaban J connectivity index is 0.000001000. The fourth-order valence-corrected chi connectivity index (χ4v) is 1.02. The molecule has 0 radical (unpaired) electrons. The van der Waals surface area contributed by atoms with Crippen molar-refractivity contribution in [2.75, 3.05) is 13.1 Å². The van der Waals surface area contributed by atoms with Crippen molar-refractivity contribution in [3.05, 3.63) is 0 Å². The Kier molecular flexibility index (Phi) is 4.13. The number of quaternary nitrogens is 1. The molecule has 68 valence electrons. The molecule has 1 aliphatic rings. The molecule has 0 bridgehead atoms. The molecular formula is C5H9ClF3NO. The molecule has 6 heteroatoms. The molecule has 1 saturated heterocycles. The maximum absolute atomic E-state index is 11.5. The van der Waals surface area contributed by atoms with Crippen molar-refractivity contribution in [1.29, 1.82) is 0 Å². The van der Waals surface area contributed by atoms with Gasteiger partial charge in [-0.2, -0.15) is 0 Å². The van der Waals surface area contributed by atoms with E-state index < -0.39 is 12.5 Å². The lowest BCUT2D eigenvalue weighted by molar-refractivity contribution is -0.640. The van der Waals surface area contributed by atoms with Gasteiger partial charge < -0.3 is 17.7 Å². The van der Waals surface area contributed by atoms with Crippen molar-refractivity contribution in [2.24, 2.45) is 0 Å². The number of rotatable bonds is 1. The van der Waals surface area contributed by atoms with Crippen LogP contribution in [-0.4, -0.2) is 25.6 Å². The molecule has 1 rings (SSSR count). The van der Waals surface area contributed by atoms with Crippen LogP contribution in [0.25, 0.3) is 0 Å². The van der Waals surface area contributed by atoms with Gasteiger partial charge in [-0.3, -0.25) is 4.74 Å². The second-order valence-corrected chi connectivity index (χ2v) is 2.29. The van der Waals surface area contributed by atoms with E-state index in [1.54, 1.807) is 0 Å². The first-order valence-electron chi connectivity index (χ1n) is 3.14. The summed E-state index contributed by atoms with van der Waals surface area (Å²) in [6, 6.07) is 0. The SMILES string of the molecule is FC(F)(F)OC1CC[NH2+]C1.[Cl-]. The van der Waals surface area contributed by atoms with Gasteiger partial charge in [0.25, 0.3) is 0 Å². The predicted octanol–water partition coefficient (Wildman–Crippen LogP) is -3.14. The molecule has 11 heavy (non-hydrogen) atoms. The zero-order chi connectivity index (χ0) is 7.61. The summed E-state index contributed by atoms with van der Waals surface area (Å²) in [5.74, 6) is 0. The predicted molar refractivity (Wildman–Crippen MR) is 27.2 cm³/mol. The third kappa shape index (κ3) is 4.44. The molecule has 0 aliphatic carbocycles. The van der Waals surface area contributed by atoms with Gasteiger partial charge in [-0.1, -0.05) is 0 Å². The number of alkyl halides is 3. The van der Waals surface area contributed by atoms with E-state index in [9.17, 15) is 13.2 Å². The van der Waals surface area contributed by atoms with Gasteiger partial charge in [0, 0.05) is 6.42 Å². The van der Waals surface area contributed by atoms with Crippen molar-refractivity contribution >= 4 is 0 Å². The Morgan fingerprint density at radius 1 is 1.36 bits per heavy atom. The number of halogens is 4. The molecule has 0 aromatic heterocycles. The summed E-state index contributed by atoms with van der Waals surface area (Å²) < 4.78 is 38.2. The van der Waals surface area contributed by atoms with Gasteiger partial charge in [-0.25, -0.2) is 0 Å². The molecule has 1 atom stereocenters. The number of hydrogen-bond donors (Lipinski definition) is 1. The van der Waals surface area contributed by atoms with Gasteiger partial charge in [0.15, 0.2) is 0 Å². The standard InChI is InChI=1S/C5H8F3NO.ClH/c6-5(7,8)10-4-1-2-9-3-4;/h4,9H,1-3H2;1H. The summed E-state index contributed by atoms with van der Waals surface area (Å²) in [6.07, 6.45) is -4.58.